The number of para-hydroxylation sites is 1. The summed E-state index contributed by atoms with van der Waals surface area (Å²) in [5, 5.41) is 19.9. The largest absolute Gasteiger partial charge is 0.481 e. The number of aliphatic carboxylic acids is 1. The molecule has 1 unspecified atom stereocenters. The van der Waals surface area contributed by atoms with Crippen molar-refractivity contribution in [3.63, 3.8) is 0 Å². The molecule has 144 valence electrons. The SMILES string of the molecule is CC1(C)[C@@H](C(C#N)c2cccc(Oc3ccccc3)c2)[C@@]1(C=C(Br)Br)C(=O)O. The summed E-state index contributed by atoms with van der Waals surface area (Å²) in [6.07, 6.45) is 1.65. The van der Waals surface area contributed by atoms with Gasteiger partial charge in [-0.1, -0.05) is 44.2 Å². The first-order valence-corrected chi connectivity index (χ1v) is 10.3. The number of halogens is 2. The van der Waals surface area contributed by atoms with Gasteiger partial charge >= 0.3 is 5.97 Å². The van der Waals surface area contributed by atoms with Crippen molar-refractivity contribution in [2.75, 3.05) is 0 Å². The van der Waals surface area contributed by atoms with Crippen LogP contribution in [0.2, 0.25) is 0 Å². The Morgan fingerprint density at radius 1 is 1.18 bits per heavy atom. The summed E-state index contributed by atoms with van der Waals surface area (Å²) < 4.78 is 6.44. The van der Waals surface area contributed by atoms with Crippen LogP contribution in [0, 0.1) is 28.1 Å². The van der Waals surface area contributed by atoms with Gasteiger partial charge in [0.05, 0.1) is 20.8 Å². The Morgan fingerprint density at radius 2 is 1.82 bits per heavy atom. The average Bonchev–Trinajstić information content (AvgIpc) is 3.12. The number of nitriles is 1. The zero-order valence-electron chi connectivity index (χ0n) is 15.4. The van der Waals surface area contributed by atoms with Crippen LogP contribution in [0.4, 0.5) is 0 Å². The van der Waals surface area contributed by atoms with Crippen LogP contribution in [0.25, 0.3) is 0 Å². The van der Waals surface area contributed by atoms with Crippen LogP contribution in [0.3, 0.4) is 0 Å². The summed E-state index contributed by atoms with van der Waals surface area (Å²) in [4.78, 5) is 12.2. The van der Waals surface area contributed by atoms with E-state index in [0.29, 0.717) is 14.9 Å². The van der Waals surface area contributed by atoms with Gasteiger partial charge in [0, 0.05) is 5.92 Å². The average molecular weight is 505 g/mol. The van der Waals surface area contributed by atoms with Crippen molar-refractivity contribution in [2.45, 2.75) is 19.8 Å². The van der Waals surface area contributed by atoms with Crippen LogP contribution in [-0.2, 0) is 4.79 Å². The molecule has 1 aliphatic carbocycles. The molecule has 0 amide bonds. The molecule has 28 heavy (non-hydrogen) atoms. The second-order valence-corrected chi connectivity index (χ2v) is 10.2. The summed E-state index contributed by atoms with van der Waals surface area (Å²) in [5.74, 6) is -0.581. The molecule has 4 nitrogen and oxygen atoms in total. The minimum atomic E-state index is -1.13. The Morgan fingerprint density at radius 3 is 2.39 bits per heavy atom. The molecule has 2 aromatic carbocycles. The van der Waals surface area contributed by atoms with Crippen LogP contribution >= 0.6 is 31.9 Å². The first-order chi connectivity index (χ1) is 13.2. The predicted octanol–water partition coefficient (Wildman–Crippen LogP) is 6.44. The van der Waals surface area contributed by atoms with Gasteiger partial charge in [-0.2, -0.15) is 5.26 Å². The normalized spacial score (nSPS) is 23.2. The van der Waals surface area contributed by atoms with Crippen molar-refractivity contribution in [1.29, 1.82) is 5.26 Å². The van der Waals surface area contributed by atoms with Crippen LogP contribution in [0.15, 0.2) is 64.1 Å². The maximum Gasteiger partial charge on any atom is 0.314 e. The van der Waals surface area contributed by atoms with E-state index in [1.807, 2.05) is 68.4 Å². The van der Waals surface area contributed by atoms with Crippen molar-refractivity contribution < 1.29 is 14.6 Å². The van der Waals surface area contributed by atoms with E-state index in [1.54, 1.807) is 6.08 Å². The number of carbonyl (C=O) groups is 1. The minimum Gasteiger partial charge on any atom is -0.481 e. The number of ether oxygens (including phenoxy) is 1. The molecule has 1 fully saturated rings. The first-order valence-electron chi connectivity index (χ1n) is 8.73. The fraction of sp³-hybridized carbons (Fsp3) is 0.273. The van der Waals surface area contributed by atoms with E-state index in [-0.39, 0.29) is 5.92 Å². The van der Waals surface area contributed by atoms with Gasteiger partial charge in [-0.05, 0) is 73.2 Å². The van der Waals surface area contributed by atoms with Crippen molar-refractivity contribution in [1.82, 2.24) is 0 Å². The third kappa shape index (κ3) is 3.49. The van der Waals surface area contributed by atoms with E-state index in [9.17, 15) is 15.2 Å². The highest BCUT2D eigenvalue weighted by atomic mass is 79.9. The van der Waals surface area contributed by atoms with Gasteiger partial charge in [0.1, 0.15) is 11.5 Å². The quantitative estimate of drug-likeness (QED) is 0.491. The molecule has 0 saturated heterocycles. The zero-order valence-corrected chi connectivity index (χ0v) is 18.6. The molecule has 3 atom stereocenters. The molecule has 1 N–H and O–H groups in total. The van der Waals surface area contributed by atoms with Crippen LogP contribution in [0.1, 0.15) is 25.3 Å². The maximum absolute atomic E-state index is 12.2. The van der Waals surface area contributed by atoms with E-state index in [4.69, 9.17) is 4.74 Å². The summed E-state index contributed by atoms with van der Waals surface area (Å²) in [6, 6.07) is 19.0. The van der Waals surface area contributed by atoms with E-state index >= 15 is 0 Å². The molecule has 1 aliphatic rings. The van der Waals surface area contributed by atoms with Gasteiger partial charge in [0.2, 0.25) is 0 Å². The molecule has 0 heterocycles. The molecule has 0 bridgehead atoms. The van der Waals surface area contributed by atoms with E-state index in [2.05, 4.69) is 37.9 Å². The number of hydrogen-bond acceptors (Lipinski definition) is 3. The lowest BCUT2D eigenvalue weighted by Gasteiger charge is -2.14. The number of hydrogen-bond donors (Lipinski definition) is 1. The summed E-state index contributed by atoms with van der Waals surface area (Å²) in [5.41, 5.74) is -0.967. The number of carboxylic acids is 1. The van der Waals surface area contributed by atoms with Crippen molar-refractivity contribution in [2.24, 2.45) is 16.7 Å². The lowest BCUT2D eigenvalue weighted by atomic mass is 9.89. The van der Waals surface area contributed by atoms with Gasteiger partial charge in [0.25, 0.3) is 0 Å². The number of carboxylic acid groups (broad SMARTS) is 1. The summed E-state index contributed by atoms with van der Waals surface area (Å²) in [7, 11) is 0. The topological polar surface area (TPSA) is 70.3 Å². The Balaban J connectivity index is 1.96. The van der Waals surface area contributed by atoms with Crippen molar-refractivity contribution >= 4 is 37.8 Å². The van der Waals surface area contributed by atoms with Gasteiger partial charge in [0.15, 0.2) is 0 Å². The molecule has 0 aliphatic heterocycles. The Labute approximate surface area is 181 Å². The molecule has 3 rings (SSSR count). The molecule has 0 radical (unpaired) electrons. The van der Waals surface area contributed by atoms with E-state index < -0.39 is 22.7 Å². The highest BCUT2D eigenvalue weighted by Crippen LogP contribution is 2.74. The Kier molecular flexibility index (Phi) is 5.69. The highest BCUT2D eigenvalue weighted by molar-refractivity contribution is 9.28. The highest BCUT2D eigenvalue weighted by Gasteiger charge is 2.77. The number of nitrogens with zero attached hydrogens (tertiary/aromatic N) is 1. The maximum atomic E-state index is 12.2. The first kappa shape index (κ1) is 20.6. The fourth-order valence-corrected chi connectivity index (χ4v) is 4.90. The van der Waals surface area contributed by atoms with Crippen LogP contribution in [-0.4, -0.2) is 11.1 Å². The second-order valence-electron chi connectivity index (χ2n) is 7.40. The second kappa shape index (κ2) is 7.73. The van der Waals surface area contributed by atoms with Crippen LogP contribution < -0.4 is 4.74 Å². The molecule has 1 saturated carbocycles. The van der Waals surface area contributed by atoms with Gasteiger partial charge < -0.3 is 9.84 Å². The van der Waals surface area contributed by atoms with Crippen molar-refractivity contribution in [3.8, 4) is 17.6 Å². The fourth-order valence-electron chi connectivity index (χ4n) is 4.17. The van der Waals surface area contributed by atoms with Crippen molar-refractivity contribution in [3.05, 3.63) is 69.6 Å². The molecular formula is C22H19Br2NO3. The molecule has 0 aromatic heterocycles. The van der Waals surface area contributed by atoms with Gasteiger partial charge in [-0.25, -0.2) is 0 Å². The van der Waals surface area contributed by atoms with E-state index in [0.717, 1.165) is 5.56 Å². The molecule has 0 spiro atoms. The lowest BCUT2D eigenvalue weighted by molar-refractivity contribution is -0.143. The Hall–Kier alpha value is -2.10. The summed E-state index contributed by atoms with van der Waals surface area (Å²) in [6.45, 7) is 3.78. The molecule has 2 aromatic rings. The summed E-state index contributed by atoms with van der Waals surface area (Å²) >= 11 is 6.57. The third-order valence-electron chi connectivity index (χ3n) is 5.61. The smallest absolute Gasteiger partial charge is 0.314 e. The third-order valence-corrected chi connectivity index (χ3v) is 6.07. The van der Waals surface area contributed by atoms with Crippen LogP contribution in [0.5, 0.6) is 11.5 Å². The molecule has 6 heteroatoms. The van der Waals surface area contributed by atoms with Gasteiger partial charge in [-0.3, -0.25) is 4.79 Å². The predicted molar refractivity (Wildman–Crippen MR) is 115 cm³/mol. The monoisotopic (exact) mass is 503 g/mol. The Bertz CT molecular complexity index is 961. The van der Waals surface area contributed by atoms with Gasteiger partial charge in [-0.15, -0.1) is 0 Å². The molecular weight excluding hydrogens is 486 g/mol. The standard InChI is InChI=1S/C22H19Br2NO3/c1-21(2)19(22(21,20(26)27)12-18(23)24)17(13-25)14-7-6-10-16(11-14)28-15-8-4-3-5-9-15/h3-12,17,19H,1-2H3,(H,26,27)/t17?,19-,22+/m1/s1. The number of benzene rings is 2. The number of rotatable bonds is 6. The van der Waals surface area contributed by atoms with E-state index in [1.165, 1.54) is 0 Å². The lowest BCUT2D eigenvalue weighted by Crippen LogP contribution is -2.20. The zero-order chi connectivity index (χ0) is 20.5. The minimum absolute atomic E-state index is 0.375.